The lowest BCUT2D eigenvalue weighted by Crippen LogP contribution is -2.02. The third-order valence-corrected chi connectivity index (χ3v) is 7.21. The zero-order valence-corrected chi connectivity index (χ0v) is 20.1. The Balaban J connectivity index is 1.49. The molecule has 4 rings (SSSR count). The van der Waals surface area contributed by atoms with Gasteiger partial charge in [0.1, 0.15) is 23.0 Å². The van der Waals surface area contributed by atoms with Gasteiger partial charge in [-0.05, 0) is 91.3 Å². The quantitative estimate of drug-likeness (QED) is 0.285. The highest BCUT2D eigenvalue weighted by Crippen LogP contribution is 2.31. The van der Waals surface area contributed by atoms with E-state index in [2.05, 4.69) is 15.9 Å². The van der Waals surface area contributed by atoms with Crippen LogP contribution in [0.5, 0.6) is 23.0 Å². The number of aryl methyl sites for hydroxylation is 1. The predicted molar refractivity (Wildman–Crippen MR) is 133 cm³/mol. The maximum absolute atomic E-state index is 13.0. The first kappa shape index (κ1) is 22.7. The van der Waals surface area contributed by atoms with Crippen LogP contribution in [0.4, 0.5) is 11.4 Å². The number of anilines is 2. The van der Waals surface area contributed by atoms with Crippen molar-refractivity contribution >= 4 is 37.1 Å². The fourth-order valence-electron chi connectivity index (χ4n) is 3.12. The topological polar surface area (TPSA) is 105 Å². The molecule has 0 saturated heterocycles. The summed E-state index contributed by atoms with van der Waals surface area (Å²) in [6, 6.07) is 23.1. The molecule has 0 aliphatic carbocycles. The van der Waals surface area contributed by atoms with E-state index >= 15 is 0 Å². The molecule has 168 valence electrons. The SMILES string of the molecule is Cc1cc(Br)ccc1Oc1ccc(S(=O)(=O)c2ccc(Oc3ccc(N)c(N)c3)cc2)cc1. The Labute approximate surface area is 200 Å². The van der Waals surface area contributed by atoms with Gasteiger partial charge in [0.15, 0.2) is 0 Å². The van der Waals surface area contributed by atoms with Crippen LogP contribution < -0.4 is 20.9 Å². The van der Waals surface area contributed by atoms with Crippen molar-refractivity contribution in [3.8, 4) is 23.0 Å². The van der Waals surface area contributed by atoms with Crippen molar-refractivity contribution in [1.29, 1.82) is 0 Å². The number of hydrogen-bond donors (Lipinski definition) is 2. The van der Waals surface area contributed by atoms with E-state index in [0.717, 1.165) is 10.0 Å². The smallest absolute Gasteiger partial charge is 0.206 e. The van der Waals surface area contributed by atoms with Crippen LogP contribution in [-0.4, -0.2) is 8.42 Å². The van der Waals surface area contributed by atoms with E-state index in [-0.39, 0.29) is 9.79 Å². The number of nitrogens with two attached hydrogens (primary N) is 2. The zero-order chi connectivity index (χ0) is 23.6. The van der Waals surface area contributed by atoms with Crippen molar-refractivity contribution in [3.63, 3.8) is 0 Å². The van der Waals surface area contributed by atoms with E-state index in [1.54, 1.807) is 42.5 Å². The fraction of sp³-hybridized carbons (Fsp3) is 0.0400. The molecule has 0 spiro atoms. The molecule has 4 aromatic rings. The summed E-state index contributed by atoms with van der Waals surface area (Å²) in [7, 11) is -3.70. The number of sulfone groups is 1. The van der Waals surface area contributed by atoms with Gasteiger partial charge in [-0.2, -0.15) is 0 Å². The third kappa shape index (κ3) is 5.13. The number of benzene rings is 4. The van der Waals surface area contributed by atoms with Crippen molar-refractivity contribution in [1.82, 2.24) is 0 Å². The van der Waals surface area contributed by atoms with Crippen molar-refractivity contribution in [2.75, 3.05) is 11.5 Å². The first-order chi connectivity index (χ1) is 15.7. The van der Waals surface area contributed by atoms with Crippen LogP contribution >= 0.6 is 15.9 Å². The molecule has 0 radical (unpaired) electrons. The van der Waals surface area contributed by atoms with Gasteiger partial charge in [-0.15, -0.1) is 0 Å². The van der Waals surface area contributed by atoms with Gasteiger partial charge in [-0.25, -0.2) is 8.42 Å². The Hall–Kier alpha value is -3.49. The summed E-state index contributed by atoms with van der Waals surface area (Å²) in [4.78, 5) is 0.325. The van der Waals surface area contributed by atoms with Gasteiger partial charge in [0.25, 0.3) is 0 Å². The van der Waals surface area contributed by atoms with Gasteiger partial charge in [0, 0.05) is 10.5 Å². The molecular formula is C25H21BrN2O4S. The monoisotopic (exact) mass is 524 g/mol. The van der Waals surface area contributed by atoms with Crippen LogP contribution in [0.15, 0.2) is 99.2 Å². The van der Waals surface area contributed by atoms with Gasteiger partial charge in [-0.3, -0.25) is 0 Å². The van der Waals surface area contributed by atoms with E-state index in [1.165, 1.54) is 24.3 Å². The lowest BCUT2D eigenvalue weighted by Gasteiger charge is -2.11. The first-order valence-corrected chi connectivity index (χ1v) is 12.2. The average Bonchev–Trinajstić information content (AvgIpc) is 2.79. The summed E-state index contributed by atoms with van der Waals surface area (Å²) in [5.74, 6) is 2.23. The van der Waals surface area contributed by atoms with Gasteiger partial charge in [-0.1, -0.05) is 15.9 Å². The molecule has 0 bridgehead atoms. The van der Waals surface area contributed by atoms with Crippen LogP contribution in [0.1, 0.15) is 5.56 Å². The van der Waals surface area contributed by atoms with Crippen LogP contribution in [0.2, 0.25) is 0 Å². The second-order valence-corrected chi connectivity index (χ2v) is 10.2. The first-order valence-electron chi connectivity index (χ1n) is 9.94. The Morgan fingerprint density at radius 2 is 1.21 bits per heavy atom. The number of ether oxygens (including phenoxy) is 2. The minimum atomic E-state index is -3.70. The van der Waals surface area contributed by atoms with Crippen molar-refractivity contribution in [3.05, 3.63) is 95.0 Å². The fourth-order valence-corrected chi connectivity index (χ4v) is 4.85. The van der Waals surface area contributed by atoms with Crippen LogP contribution in [0.25, 0.3) is 0 Å². The van der Waals surface area contributed by atoms with Gasteiger partial charge in [0.05, 0.1) is 21.2 Å². The largest absolute Gasteiger partial charge is 0.457 e. The predicted octanol–water partition coefficient (Wildman–Crippen LogP) is 6.34. The van der Waals surface area contributed by atoms with E-state index < -0.39 is 9.84 Å². The standard InChI is InChI=1S/C25H21BrN2O4S/c1-16-14-17(26)2-13-25(16)32-19-5-10-22(11-6-19)33(29,30)21-8-3-18(4-9-21)31-20-7-12-23(27)24(28)15-20/h2-15H,27-28H2,1H3. The summed E-state index contributed by atoms with van der Waals surface area (Å²) < 4.78 is 38.6. The molecule has 6 nitrogen and oxygen atoms in total. The maximum atomic E-state index is 13.0. The molecule has 0 heterocycles. The van der Waals surface area contributed by atoms with E-state index in [9.17, 15) is 8.42 Å². The molecule has 0 unspecified atom stereocenters. The third-order valence-electron chi connectivity index (χ3n) is 4.93. The molecule has 0 amide bonds. The average molecular weight is 525 g/mol. The van der Waals surface area contributed by atoms with E-state index in [1.807, 2.05) is 25.1 Å². The normalized spacial score (nSPS) is 11.2. The molecule has 0 saturated carbocycles. The van der Waals surface area contributed by atoms with Crippen molar-refractivity contribution in [2.24, 2.45) is 0 Å². The second kappa shape index (κ2) is 9.17. The summed E-state index contributed by atoms with van der Waals surface area (Å²) in [5.41, 5.74) is 13.3. The van der Waals surface area contributed by atoms with E-state index in [0.29, 0.717) is 34.4 Å². The number of halogens is 1. The molecule has 4 aromatic carbocycles. The van der Waals surface area contributed by atoms with E-state index in [4.69, 9.17) is 20.9 Å². The van der Waals surface area contributed by atoms with Crippen LogP contribution in [-0.2, 0) is 9.84 Å². The Kier molecular flexibility index (Phi) is 6.31. The maximum Gasteiger partial charge on any atom is 0.206 e. The van der Waals surface area contributed by atoms with Crippen molar-refractivity contribution < 1.29 is 17.9 Å². The highest BCUT2D eigenvalue weighted by atomic mass is 79.9. The summed E-state index contributed by atoms with van der Waals surface area (Å²) >= 11 is 3.42. The lowest BCUT2D eigenvalue weighted by molar-refractivity contribution is 0.478. The lowest BCUT2D eigenvalue weighted by atomic mass is 10.2. The summed E-state index contributed by atoms with van der Waals surface area (Å²) in [5, 5.41) is 0. The van der Waals surface area contributed by atoms with Gasteiger partial charge in [0.2, 0.25) is 9.84 Å². The highest BCUT2D eigenvalue weighted by Gasteiger charge is 2.18. The molecule has 0 aromatic heterocycles. The summed E-state index contributed by atoms with van der Waals surface area (Å²) in [6.07, 6.45) is 0. The Bertz CT molecular complexity index is 1400. The zero-order valence-electron chi connectivity index (χ0n) is 17.7. The number of nitrogen functional groups attached to an aromatic ring is 2. The molecule has 33 heavy (non-hydrogen) atoms. The Morgan fingerprint density at radius 3 is 1.76 bits per heavy atom. The number of rotatable bonds is 6. The van der Waals surface area contributed by atoms with Crippen LogP contribution in [0, 0.1) is 6.92 Å². The summed E-state index contributed by atoms with van der Waals surface area (Å²) in [6.45, 7) is 1.94. The minimum Gasteiger partial charge on any atom is -0.457 e. The second-order valence-electron chi connectivity index (χ2n) is 7.35. The van der Waals surface area contributed by atoms with Crippen molar-refractivity contribution in [2.45, 2.75) is 16.7 Å². The molecule has 8 heteroatoms. The molecule has 0 fully saturated rings. The molecule has 4 N–H and O–H groups in total. The number of hydrogen-bond acceptors (Lipinski definition) is 6. The van der Waals surface area contributed by atoms with Crippen LogP contribution in [0.3, 0.4) is 0 Å². The molecular weight excluding hydrogens is 504 g/mol. The highest BCUT2D eigenvalue weighted by molar-refractivity contribution is 9.10. The molecule has 0 aliphatic heterocycles. The molecule has 0 aliphatic rings. The van der Waals surface area contributed by atoms with Gasteiger partial charge < -0.3 is 20.9 Å². The molecule has 0 atom stereocenters. The van der Waals surface area contributed by atoms with Gasteiger partial charge >= 0.3 is 0 Å². The minimum absolute atomic E-state index is 0.157. The Morgan fingerprint density at radius 1 is 0.667 bits per heavy atom.